The molecule has 0 aliphatic carbocycles. The highest BCUT2D eigenvalue weighted by molar-refractivity contribution is 6.09. The predicted molar refractivity (Wildman–Crippen MR) is 331 cm³/mol. The molecule has 2 aliphatic rings. The van der Waals surface area contributed by atoms with Crippen molar-refractivity contribution in [2.24, 2.45) is 21.5 Å². The lowest BCUT2D eigenvalue weighted by atomic mass is 10.1. The molecule has 0 radical (unpaired) electrons. The van der Waals surface area contributed by atoms with E-state index in [-0.39, 0.29) is 5.48 Å². The van der Waals surface area contributed by atoms with Crippen molar-refractivity contribution in [1.82, 2.24) is 9.80 Å². The first-order valence-electron chi connectivity index (χ1n) is 27.8. The maximum absolute atomic E-state index is 6.42. The van der Waals surface area contributed by atoms with Crippen molar-refractivity contribution >= 4 is 68.0 Å². The molecule has 81 heavy (non-hydrogen) atoms. The molecule has 10 rings (SSSR count). The van der Waals surface area contributed by atoms with E-state index in [1.807, 2.05) is 94.7 Å². The van der Waals surface area contributed by atoms with Gasteiger partial charge in [0.25, 0.3) is 0 Å². The summed E-state index contributed by atoms with van der Waals surface area (Å²) in [5.41, 5.74) is 19.3. The van der Waals surface area contributed by atoms with Gasteiger partial charge in [-0.1, -0.05) is 72.8 Å². The number of para-hydroxylation sites is 4. The zero-order valence-corrected chi connectivity index (χ0v) is 47.9. The Morgan fingerprint density at radius 2 is 0.840 bits per heavy atom. The van der Waals surface area contributed by atoms with E-state index in [4.69, 9.17) is 39.2 Å². The molecule has 17 nitrogen and oxygen atoms in total. The molecule has 2 saturated heterocycles. The number of guanidine groups is 2. The van der Waals surface area contributed by atoms with Crippen molar-refractivity contribution in [3.05, 3.63) is 157 Å². The molecule has 8 aromatic rings. The van der Waals surface area contributed by atoms with Crippen LogP contribution in [0.15, 0.2) is 165 Å². The number of nitrogens with two attached hydrogens (primary N) is 2. The fourth-order valence-corrected chi connectivity index (χ4v) is 10.8. The number of fused-ring (bicyclic) bond motifs is 2. The second kappa shape index (κ2) is 28.7. The number of furan rings is 2. The molecule has 2 aromatic heterocycles. The van der Waals surface area contributed by atoms with Gasteiger partial charge in [0, 0.05) is 88.0 Å². The fraction of sp³-hybridized carbons (Fsp3) is 0.344. The van der Waals surface area contributed by atoms with Gasteiger partial charge in [-0.05, 0) is 123 Å². The molecule has 428 valence electrons. The lowest BCUT2D eigenvalue weighted by Crippen LogP contribution is -2.46. The molecule has 17 heteroatoms. The van der Waals surface area contributed by atoms with Gasteiger partial charge in [-0.3, -0.25) is 19.8 Å². The van der Waals surface area contributed by atoms with Gasteiger partial charge in [-0.15, -0.1) is 0 Å². The van der Waals surface area contributed by atoms with E-state index >= 15 is 0 Å². The third-order valence-corrected chi connectivity index (χ3v) is 15.2. The zero-order valence-electron chi connectivity index (χ0n) is 47.9. The molecular weight excluding hydrogens is 1020 g/mol. The number of unbranched alkanes of at least 4 members (excludes halogenated alkanes) is 2. The number of anilines is 6. The summed E-state index contributed by atoms with van der Waals surface area (Å²) in [5, 5.41) is 3.94. The largest absolute Gasteiger partial charge is 0.495 e. The molecule has 2 fully saturated rings. The topological polar surface area (TPSA) is 191 Å². The first kappa shape index (κ1) is 58.8. The van der Waals surface area contributed by atoms with Crippen LogP contribution < -0.4 is 50.0 Å². The summed E-state index contributed by atoms with van der Waals surface area (Å²) in [6, 6.07) is 45.2. The van der Waals surface area contributed by atoms with Crippen LogP contribution in [0, 0.1) is 0 Å². The summed E-state index contributed by atoms with van der Waals surface area (Å²) in [7, 11) is 10.2. The molecule has 0 spiro atoms. The van der Waals surface area contributed by atoms with Gasteiger partial charge in [0.1, 0.15) is 35.5 Å². The van der Waals surface area contributed by atoms with Crippen LogP contribution in [0.1, 0.15) is 36.8 Å². The summed E-state index contributed by atoms with van der Waals surface area (Å²) in [5.74, 6) is 5.24. The van der Waals surface area contributed by atoms with Crippen LogP contribution >= 0.6 is 0 Å². The highest BCUT2D eigenvalue weighted by Gasteiger charge is 2.26. The Balaban J connectivity index is 0.000000210. The Morgan fingerprint density at radius 3 is 1.22 bits per heavy atom. The van der Waals surface area contributed by atoms with Gasteiger partial charge in [-0.25, -0.2) is 9.80 Å². The molecule has 0 atom stereocenters. The number of methoxy groups -OCH3 is 4. The minimum Gasteiger partial charge on any atom is -0.495 e. The van der Waals surface area contributed by atoms with Crippen LogP contribution in [0.3, 0.4) is 0 Å². The van der Waals surface area contributed by atoms with E-state index in [2.05, 4.69) is 78.1 Å². The lowest BCUT2D eigenvalue weighted by Gasteiger charge is -2.36. The molecule has 4 heterocycles. The Bertz CT molecular complexity index is 3110. The van der Waals surface area contributed by atoms with Crippen LogP contribution in [0.2, 0.25) is 0 Å². The summed E-state index contributed by atoms with van der Waals surface area (Å²) in [6.45, 7) is 10.5. The first-order valence-corrected chi connectivity index (χ1v) is 27.8. The average Bonchev–Trinajstić information content (AvgIpc) is 4.16. The van der Waals surface area contributed by atoms with Crippen molar-refractivity contribution in [3.8, 4) is 23.0 Å². The number of benzene rings is 6. The minimum absolute atomic E-state index is 0. The molecule has 0 unspecified atom stereocenters. The van der Waals surface area contributed by atoms with E-state index in [0.29, 0.717) is 35.2 Å². The molecule has 0 saturated carbocycles. The number of piperazine rings is 2. The zero-order chi connectivity index (χ0) is 55.8. The van der Waals surface area contributed by atoms with Crippen molar-refractivity contribution < 1.29 is 33.3 Å². The standard InChI is InChI=1S/2C32H39N5O3.H2O/c2*1-34-32(33)37(31-26-12-5-4-11-25(26)23-40-31)28-22-24(15-16-30(28)39-3)10-8-9-17-35-18-20-36(21-19-35)27-13-6-7-14-29(27)38-2;/h2*4-7,11-16,22-23H,8-10,17-21H2,1-3H3,(H2,33,34);1H2. The fourth-order valence-electron chi connectivity index (χ4n) is 10.8. The molecule has 6 aromatic carbocycles. The lowest BCUT2D eigenvalue weighted by molar-refractivity contribution is 0.252. The number of aliphatic imine (C=N–C) groups is 2. The molecule has 2 aliphatic heterocycles. The molecule has 6 N–H and O–H groups in total. The van der Waals surface area contributed by atoms with E-state index in [9.17, 15) is 0 Å². The summed E-state index contributed by atoms with van der Waals surface area (Å²) >= 11 is 0. The molecule has 0 amide bonds. The molecule has 0 bridgehead atoms. The van der Waals surface area contributed by atoms with Crippen molar-refractivity contribution in [2.45, 2.75) is 38.5 Å². The smallest absolute Gasteiger partial charge is 0.214 e. The normalized spacial score (nSPS) is 14.3. The van der Waals surface area contributed by atoms with Crippen LogP contribution in [-0.2, 0) is 12.8 Å². The number of aryl methyl sites for hydroxylation is 2. The monoisotopic (exact) mass is 1100 g/mol. The maximum Gasteiger partial charge on any atom is 0.214 e. The summed E-state index contributed by atoms with van der Waals surface area (Å²) in [6.07, 6.45) is 9.89. The number of ether oxygens (including phenoxy) is 4. The second-order valence-corrected chi connectivity index (χ2v) is 20.0. The van der Waals surface area contributed by atoms with E-state index in [0.717, 1.165) is 148 Å². The van der Waals surface area contributed by atoms with Crippen LogP contribution in [0.5, 0.6) is 23.0 Å². The number of hydrogen-bond donors (Lipinski definition) is 2. The van der Waals surface area contributed by atoms with Gasteiger partial charge in [-0.2, -0.15) is 0 Å². The average molecular weight is 1100 g/mol. The number of rotatable bonds is 20. The summed E-state index contributed by atoms with van der Waals surface area (Å²) in [4.78, 5) is 22.2. The van der Waals surface area contributed by atoms with Crippen LogP contribution in [0.25, 0.3) is 21.5 Å². The second-order valence-electron chi connectivity index (χ2n) is 20.0. The number of nitrogens with zero attached hydrogens (tertiary/aromatic N) is 8. The number of hydrogen-bond acceptors (Lipinski definition) is 12. The van der Waals surface area contributed by atoms with Crippen LogP contribution in [-0.4, -0.2) is 135 Å². The highest BCUT2D eigenvalue weighted by atomic mass is 16.5. The third kappa shape index (κ3) is 14.0. The van der Waals surface area contributed by atoms with Crippen molar-refractivity contribution in [3.63, 3.8) is 0 Å². The Morgan fingerprint density at radius 1 is 0.469 bits per heavy atom. The Hall–Kier alpha value is -8.38. The van der Waals surface area contributed by atoms with Crippen molar-refractivity contribution in [2.75, 3.05) is 128 Å². The van der Waals surface area contributed by atoms with Gasteiger partial charge in [0.05, 0.1) is 51.2 Å². The van der Waals surface area contributed by atoms with Gasteiger partial charge in [0.2, 0.25) is 23.7 Å². The molecular formula is C64H80N10O7. The van der Waals surface area contributed by atoms with Gasteiger partial charge < -0.3 is 54.5 Å². The Kier molecular flexibility index (Phi) is 20.8. The van der Waals surface area contributed by atoms with Gasteiger partial charge in [0.15, 0.2) is 0 Å². The van der Waals surface area contributed by atoms with E-state index < -0.39 is 0 Å². The SMILES string of the molecule is CN=C(N)N(c1cc(CCCCN2CCN(c3ccccc3OC)CC2)ccc1OC)c1occ2ccccc12.CN=C(N)N(c1cc(CCCCN2CCN(c3ccccc3OC)CC2)ccc1OC)c1occ2ccccc12.O. The maximum atomic E-state index is 6.42. The van der Waals surface area contributed by atoms with E-state index in [1.54, 1.807) is 55.1 Å². The van der Waals surface area contributed by atoms with Crippen molar-refractivity contribution in [1.29, 1.82) is 0 Å². The Labute approximate surface area is 476 Å². The van der Waals surface area contributed by atoms with Crippen LogP contribution in [0.4, 0.5) is 34.5 Å². The highest BCUT2D eigenvalue weighted by Crippen LogP contribution is 2.41. The minimum atomic E-state index is 0. The predicted octanol–water partition coefficient (Wildman–Crippen LogP) is 10.5. The van der Waals surface area contributed by atoms with Gasteiger partial charge >= 0.3 is 0 Å². The first-order chi connectivity index (χ1) is 39.2. The van der Waals surface area contributed by atoms with E-state index in [1.165, 1.54) is 22.5 Å². The summed E-state index contributed by atoms with van der Waals surface area (Å²) < 4.78 is 34.6. The quantitative estimate of drug-likeness (QED) is 0.0416. The third-order valence-electron chi connectivity index (χ3n) is 15.2.